The summed E-state index contributed by atoms with van der Waals surface area (Å²) in [5.74, 6) is 0.0454. The van der Waals surface area contributed by atoms with Gasteiger partial charge in [0.2, 0.25) is 5.91 Å². The summed E-state index contributed by atoms with van der Waals surface area (Å²) in [5.41, 5.74) is 1.67. The van der Waals surface area contributed by atoms with Crippen molar-refractivity contribution in [3.05, 3.63) is 42.4 Å². The minimum Gasteiger partial charge on any atom is -0.315 e. The number of rotatable bonds is 3. The highest BCUT2D eigenvalue weighted by atomic mass is 16.2. The molecule has 0 aliphatic carbocycles. The molecule has 1 fully saturated rings. The van der Waals surface area contributed by atoms with Gasteiger partial charge in [-0.3, -0.25) is 14.5 Å². The Morgan fingerprint density at radius 1 is 1.18 bits per heavy atom. The van der Waals surface area contributed by atoms with Crippen molar-refractivity contribution in [1.82, 2.24) is 20.2 Å². The van der Waals surface area contributed by atoms with Crippen molar-refractivity contribution in [1.29, 1.82) is 0 Å². The molecular formula is C20H24N6O2. The van der Waals surface area contributed by atoms with Gasteiger partial charge in [0.05, 0.1) is 11.4 Å². The van der Waals surface area contributed by atoms with E-state index < -0.39 is 0 Å². The number of benzene rings is 1. The van der Waals surface area contributed by atoms with Crippen LogP contribution in [0, 0.1) is 0 Å². The smallest absolute Gasteiger partial charge is 0.263 e. The van der Waals surface area contributed by atoms with Crippen molar-refractivity contribution in [2.24, 2.45) is 0 Å². The van der Waals surface area contributed by atoms with E-state index >= 15 is 0 Å². The molecule has 8 heteroatoms. The summed E-state index contributed by atoms with van der Waals surface area (Å²) >= 11 is 0. The highest BCUT2D eigenvalue weighted by Gasteiger charge is 2.33. The van der Waals surface area contributed by atoms with Crippen molar-refractivity contribution < 1.29 is 9.59 Å². The van der Waals surface area contributed by atoms with Crippen LogP contribution in [0.15, 0.2) is 36.8 Å². The summed E-state index contributed by atoms with van der Waals surface area (Å²) in [6.45, 7) is 4.56. The molecule has 0 unspecified atom stereocenters. The summed E-state index contributed by atoms with van der Waals surface area (Å²) in [6.07, 6.45) is 4.29. The summed E-state index contributed by atoms with van der Waals surface area (Å²) in [7, 11) is 1.70. The van der Waals surface area contributed by atoms with Gasteiger partial charge in [0.1, 0.15) is 11.9 Å². The predicted molar refractivity (Wildman–Crippen MR) is 107 cm³/mol. The number of anilines is 3. The summed E-state index contributed by atoms with van der Waals surface area (Å²) < 4.78 is 0. The van der Waals surface area contributed by atoms with Gasteiger partial charge in [-0.1, -0.05) is 12.1 Å². The van der Waals surface area contributed by atoms with Crippen LogP contribution in [0.3, 0.4) is 0 Å². The van der Waals surface area contributed by atoms with Gasteiger partial charge < -0.3 is 15.1 Å². The van der Waals surface area contributed by atoms with Gasteiger partial charge in [0.15, 0.2) is 5.82 Å². The Kier molecular flexibility index (Phi) is 5.31. The van der Waals surface area contributed by atoms with Gasteiger partial charge in [-0.2, -0.15) is 0 Å². The molecule has 2 amide bonds. The molecule has 0 spiro atoms. The molecule has 28 heavy (non-hydrogen) atoms. The lowest BCUT2D eigenvalue weighted by Crippen LogP contribution is -2.34. The van der Waals surface area contributed by atoms with Crippen LogP contribution in [0.1, 0.15) is 23.2 Å². The Bertz CT molecular complexity index is 879. The Labute approximate surface area is 164 Å². The highest BCUT2D eigenvalue weighted by Crippen LogP contribution is 2.38. The van der Waals surface area contributed by atoms with Crippen molar-refractivity contribution in [3.8, 4) is 0 Å². The van der Waals surface area contributed by atoms with E-state index in [1.165, 1.54) is 12.5 Å². The molecule has 1 saturated heterocycles. The number of hydrogen-bond acceptors (Lipinski definition) is 6. The first-order chi connectivity index (χ1) is 13.7. The van der Waals surface area contributed by atoms with Crippen LogP contribution in [-0.2, 0) is 4.79 Å². The molecule has 4 rings (SSSR count). The Hall–Kier alpha value is -2.84. The number of fused-ring (bicyclic) bond motifs is 2. The van der Waals surface area contributed by atoms with Crippen LogP contribution in [0.5, 0.6) is 0 Å². The minimum absolute atomic E-state index is 0.0762. The van der Waals surface area contributed by atoms with Crippen molar-refractivity contribution in [2.45, 2.75) is 12.8 Å². The van der Waals surface area contributed by atoms with Crippen LogP contribution in [0.2, 0.25) is 0 Å². The lowest BCUT2D eigenvalue weighted by Gasteiger charge is -2.25. The van der Waals surface area contributed by atoms with Crippen molar-refractivity contribution >= 4 is 29.0 Å². The average molecular weight is 380 g/mol. The third-order valence-electron chi connectivity index (χ3n) is 5.25. The van der Waals surface area contributed by atoms with E-state index in [4.69, 9.17) is 0 Å². The number of carbonyl (C=O) groups is 2. The van der Waals surface area contributed by atoms with Crippen LogP contribution < -0.4 is 15.1 Å². The molecule has 2 aliphatic heterocycles. The number of carbonyl (C=O) groups excluding carboxylic acids is 2. The molecule has 0 saturated carbocycles. The van der Waals surface area contributed by atoms with E-state index in [0.717, 1.165) is 32.6 Å². The second-order valence-electron chi connectivity index (χ2n) is 7.04. The Morgan fingerprint density at radius 2 is 2.00 bits per heavy atom. The molecule has 8 nitrogen and oxygen atoms in total. The minimum atomic E-state index is -0.225. The number of aromatic nitrogens is 2. The maximum Gasteiger partial charge on any atom is 0.263 e. The van der Waals surface area contributed by atoms with E-state index in [9.17, 15) is 9.59 Å². The van der Waals surface area contributed by atoms with Gasteiger partial charge in [-0.15, -0.1) is 0 Å². The zero-order chi connectivity index (χ0) is 19.5. The molecule has 2 aliphatic rings. The molecular weight excluding hydrogens is 356 g/mol. The zero-order valence-corrected chi connectivity index (χ0v) is 16.0. The fraction of sp³-hybridized carbons (Fsp3) is 0.400. The molecule has 146 valence electrons. The molecule has 2 aromatic rings. The molecule has 1 N–H and O–H groups in total. The first-order valence-corrected chi connectivity index (χ1v) is 9.60. The van der Waals surface area contributed by atoms with E-state index in [2.05, 4.69) is 20.2 Å². The molecule has 0 bridgehead atoms. The maximum atomic E-state index is 13.3. The molecule has 3 heterocycles. The van der Waals surface area contributed by atoms with E-state index in [1.807, 2.05) is 24.3 Å². The SMILES string of the molecule is CN1C(=O)c2cncnc2N(C(=O)CCN2CCCNCC2)c2ccccc21. The van der Waals surface area contributed by atoms with Gasteiger partial charge in [-0.25, -0.2) is 9.97 Å². The molecule has 1 aromatic heterocycles. The Balaban J connectivity index is 1.67. The monoisotopic (exact) mass is 380 g/mol. The van der Waals surface area contributed by atoms with Crippen LogP contribution >= 0.6 is 0 Å². The normalized spacial score (nSPS) is 17.5. The maximum absolute atomic E-state index is 13.3. The number of amides is 2. The van der Waals surface area contributed by atoms with Gasteiger partial charge in [0, 0.05) is 39.3 Å². The fourth-order valence-electron chi connectivity index (χ4n) is 3.74. The topological polar surface area (TPSA) is 81.7 Å². The fourth-order valence-corrected chi connectivity index (χ4v) is 3.74. The Morgan fingerprint density at radius 3 is 2.86 bits per heavy atom. The van der Waals surface area contributed by atoms with E-state index in [0.29, 0.717) is 35.7 Å². The number of nitrogens with zero attached hydrogens (tertiary/aromatic N) is 5. The molecule has 0 atom stereocenters. The number of hydrogen-bond donors (Lipinski definition) is 1. The zero-order valence-electron chi connectivity index (χ0n) is 16.0. The van der Waals surface area contributed by atoms with Gasteiger partial charge >= 0.3 is 0 Å². The van der Waals surface area contributed by atoms with E-state index in [1.54, 1.807) is 16.8 Å². The lowest BCUT2D eigenvalue weighted by molar-refractivity contribution is -0.118. The molecule has 0 radical (unpaired) electrons. The van der Waals surface area contributed by atoms with Crippen LogP contribution in [0.25, 0.3) is 0 Å². The molecule has 1 aromatic carbocycles. The van der Waals surface area contributed by atoms with Crippen LogP contribution in [0.4, 0.5) is 17.2 Å². The first-order valence-electron chi connectivity index (χ1n) is 9.60. The third kappa shape index (κ3) is 3.48. The van der Waals surface area contributed by atoms with Crippen LogP contribution in [-0.4, -0.2) is 66.5 Å². The summed E-state index contributed by atoms with van der Waals surface area (Å²) in [6, 6.07) is 7.42. The standard InChI is InChI=1S/C20H24N6O2/c1-24-16-5-2-3-6-17(16)26(19-15(20(24)28)13-22-14-23-19)18(27)7-11-25-10-4-8-21-9-12-25/h2-3,5-6,13-14,21H,4,7-12H2,1H3. The van der Waals surface area contributed by atoms with Crippen molar-refractivity contribution in [3.63, 3.8) is 0 Å². The largest absolute Gasteiger partial charge is 0.315 e. The summed E-state index contributed by atoms with van der Waals surface area (Å²) in [4.78, 5) is 39.9. The second kappa shape index (κ2) is 8.04. The number of nitrogens with one attached hydrogen (secondary N) is 1. The van der Waals surface area contributed by atoms with E-state index in [-0.39, 0.29) is 11.8 Å². The second-order valence-corrected chi connectivity index (χ2v) is 7.04. The number of para-hydroxylation sites is 2. The quantitative estimate of drug-likeness (QED) is 0.867. The van der Waals surface area contributed by atoms with Crippen molar-refractivity contribution in [2.75, 3.05) is 49.6 Å². The van der Waals surface area contributed by atoms with Gasteiger partial charge in [0.25, 0.3) is 5.91 Å². The lowest BCUT2D eigenvalue weighted by atomic mass is 10.2. The average Bonchev–Trinajstić information content (AvgIpc) is 3.04. The summed E-state index contributed by atoms with van der Waals surface area (Å²) in [5, 5.41) is 3.38. The predicted octanol–water partition coefficient (Wildman–Crippen LogP) is 1.42. The first kappa shape index (κ1) is 18.5. The highest BCUT2D eigenvalue weighted by molar-refractivity contribution is 6.17. The van der Waals surface area contributed by atoms with Gasteiger partial charge in [-0.05, 0) is 31.6 Å². The third-order valence-corrected chi connectivity index (χ3v) is 5.25.